The van der Waals surface area contributed by atoms with Crippen LogP contribution in [-0.4, -0.2) is 17.5 Å². The molecular formula is C10H17BrO. The fourth-order valence-electron chi connectivity index (χ4n) is 2.83. The largest absolute Gasteiger partial charge is 0.375 e. The van der Waals surface area contributed by atoms with Crippen molar-refractivity contribution < 1.29 is 4.74 Å². The first-order valence-corrected chi connectivity index (χ1v) is 6.10. The molecule has 0 aromatic carbocycles. The van der Waals surface area contributed by atoms with Crippen molar-refractivity contribution in [1.82, 2.24) is 0 Å². The second-order valence-electron chi connectivity index (χ2n) is 4.38. The van der Waals surface area contributed by atoms with Crippen LogP contribution in [0.2, 0.25) is 0 Å². The van der Waals surface area contributed by atoms with Crippen LogP contribution in [0, 0.1) is 5.41 Å². The van der Waals surface area contributed by atoms with Crippen molar-refractivity contribution in [1.29, 1.82) is 0 Å². The van der Waals surface area contributed by atoms with Crippen LogP contribution in [0.15, 0.2) is 0 Å². The van der Waals surface area contributed by atoms with E-state index in [-0.39, 0.29) is 0 Å². The van der Waals surface area contributed by atoms with E-state index in [0.717, 1.165) is 5.33 Å². The predicted octanol–water partition coefficient (Wildman–Crippen LogP) is 3.12. The molecule has 0 unspecified atom stereocenters. The molecule has 2 aliphatic rings. The summed E-state index contributed by atoms with van der Waals surface area (Å²) in [6, 6.07) is 0. The lowest BCUT2D eigenvalue weighted by Crippen LogP contribution is -2.35. The van der Waals surface area contributed by atoms with Gasteiger partial charge in [-0.3, -0.25) is 0 Å². The summed E-state index contributed by atoms with van der Waals surface area (Å²) in [5, 5.41) is 1.13. The molecule has 0 bridgehead atoms. The Bertz CT molecular complexity index is 171. The van der Waals surface area contributed by atoms with Gasteiger partial charge in [0.1, 0.15) is 0 Å². The number of ether oxygens (including phenoxy) is 1. The molecular weight excluding hydrogens is 216 g/mol. The Hall–Kier alpha value is 0.440. The van der Waals surface area contributed by atoms with Gasteiger partial charge >= 0.3 is 0 Å². The summed E-state index contributed by atoms with van der Waals surface area (Å²) in [6.07, 6.45) is 7.74. The number of hydrogen-bond acceptors (Lipinski definition) is 1. The van der Waals surface area contributed by atoms with Gasteiger partial charge < -0.3 is 4.74 Å². The minimum absolute atomic E-state index is 0.491. The van der Waals surface area contributed by atoms with Crippen molar-refractivity contribution in [2.45, 2.75) is 51.2 Å². The molecule has 0 amide bonds. The van der Waals surface area contributed by atoms with E-state index in [1.807, 2.05) is 0 Å². The summed E-state index contributed by atoms with van der Waals surface area (Å²) in [7, 11) is 0. The van der Waals surface area contributed by atoms with Crippen molar-refractivity contribution in [2.75, 3.05) is 5.33 Å². The van der Waals surface area contributed by atoms with Gasteiger partial charge in [0.25, 0.3) is 0 Å². The van der Waals surface area contributed by atoms with Crippen LogP contribution in [0.4, 0.5) is 0 Å². The van der Waals surface area contributed by atoms with Crippen LogP contribution in [-0.2, 0) is 4.74 Å². The molecule has 1 saturated carbocycles. The molecule has 0 aromatic rings. The normalized spacial score (nSPS) is 47.5. The predicted molar refractivity (Wildman–Crippen MR) is 53.6 cm³/mol. The number of alkyl halides is 1. The van der Waals surface area contributed by atoms with Gasteiger partial charge in [0.15, 0.2) is 0 Å². The third-order valence-electron chi connectivity index (χ3n) is 3.43. The molecule has 0 N–H and O–H groups in total. The highest BCUT2D eigenvalue weighted by Gasteiger charge is 2.47. The molecule has 0 spiro atoms. The third-order valence-corrected chi connectivity index (χ3v) is 4.55. The van der Waals surface area contributed by atoms with E-state index in [2.05, 4.69) is 22.9 Å². The number of rotatable bonds is 1. The van der Waals surface area contributed by atoms with Gasteiger partial charge in [0.05, 0.1) is 12.2 Å². The highest BCUT2D eigenvalue weighted by Crippen LogP contribution is 2.48. The first kappa shape index (κ1) is 9.01. The van der Waals surface area contributed by atoms with Gasteiger partial charge in [-0.1, -0.05) is 28.8 Å². The number of fused-ring (bicyclic) bond motifs is 1. The van der Waals surface area contributed by atoms with Crippen molar-refractivity contribution in [3.05, 3.63) is 0 Å². The lowest BCUT2D eigenvalue weighted by Gasteiger charge is -2.36. The first-order valence-electron chi connectivity index (χ1n) is 4.98. The number of hydrogen-bond donors (Lipinski definition) is 0. The van der Waals surface area contributed by atoms with Crippen molar-refractivity contribution in [3.8, 4) is 0 Å². The lowest BCUT2D eigenvalue weighted by molar-refractivity contribution is 0.00208. The summed E-state index contributed by atoms with van der Waals surface area (Å²) in [4.78, 5) is 0. The Labute approximate surface area is 83.0 Å². The van der Waals surface area contributed by atoms with Gasteiger partial charge in [0, 0.05) is 10.7 Å². The topological polar surface area (TPSA) is 9.23 Å². The van der Waals surface area contributed by atoms with E-state index in [1.165, 1.54) is 32.1 Å². The molecule has 1 aliphatic carbocycles. The smallest absolute Gasteiger partial charge is 0.0643 e. The molecule has 2 fully saturated rings. The average Bonchev–Trinajstić information content (AvgIpc) is 2.41. The fraction of sp³-hybridized carbons (Fsp3) is 1.00. The Morgan fingerprint density at radius 2 is 2.33 bits per heavy atom. The monoisotopic (exact) mass is 232 g/mol. The summed E-state index contributed by atoms with van der Waals surface area (Å²) in [6.45, 7) is 2.21. The maximum Gasteiger partial charge on any atom is 0.0643 e. The molecule has 2 rings (SSSR count). The SMILES string of the molecule is C[C@@H]1C[C@]2(CBr)CCCC[C@@H]2O1. The molecule has 2 heteroatoms. The average molecular weight is 233 g/mol. The summed E-state index contributed by atoms with van der Waals surface area (Å²) in [5.41, 5.74) is 0.498. The Kier molecular flexibility index (Phi) is 2.48. The van der Waals surface area contributed by atoms with Crippen LogP contribution in [0.1, 0.15) is 39.0 Å². The molecule has 0 radical (unpaired) electrons. The maximum absolute atomic E-state index is 5.93. The molecule has 70 valence electrons. The van der Waals surface area contributed by atoms with Crippen molar-refractivity contribution in [2.24, 2.45) is 5.41 Å². The second-order valence-corrected chi connectivity index (χ2v) is 4.94. The number of halogens is 1. The van der Waals surface area contributed by atoms with Crippen LogP contribution >= 0.6 is 15.9 Å². The Balaban J connectivity index is 2.14. The minimum atomic E-state index is 0.491. The third kappa shape index (κ3) is 1.33. The van der Waals surface area contributed by atoms with E-state index in [9.17, 15) is 0 Å². The zero-order valence-corrected chi connectivity index (χ0v) is 9.27. The zero-order valence-electron chi connectivity index (χ0n) is 7.68. The van der Waals surface area contributed by atoms with Crippen molar-refractivity contribution in [3.63, 3.8) is 0 Å². The van der Waals surface area contributed by atoms with Gasteiger partial charge in [-0.2, -0.15) is 0 Å². The summed E-state index contributed by atoms with van der Waals surface area (Å²) < 4.78 is 5.93. The van der Waals surface area contributed by atoms with E-state index in [4.69, 9.17) is 4.74 Å². The lowest BCUT2D eigenvalue weighted by atomic mass is 9.72. The zero-order chi connectivity index (χ0) is 8.60. The van der Waals surface area contributed by atoms with Gasteiger partial charge in [-0.05, 0) is 26.2 Å². The van der Waals surface area contributed by atoms with E-state index in [0.29, 0.717) is 17.6 Å². The minimum Gasteiger partial charge on any atom is -0.375 e. The quantitative estimate of drug-likeness (QED) is 0.632. The van der Waals surface area contributed by atoms with E-state index >= 15 is 0 Å². The molecule has 3 atom stereocenters. The maximum atomic E-state index is 5.93. The summed E-state index contributed by atoms with van der Waals surface area (Å²) in [5.74, 6) is 0. The second kappa shape index (κ2) is 3.30. The van der Waals surface area contributed by atoms with Crippen LogP contribution in [0.25, 0.3) is 0 Å². The highest BCUT2D eigenvalue weighted by atomic mass is 79.9. The molecule has 1 aliphatic heterocycles. The Morgan fingerprint density at radius 1 is 1.50 bits per heavy atom. The molecule has 1 nitrogen and oxygen atoms in total. The molecule has 1 heterocycles. The van der Waals surface area contributed by atoms with Gasteiger partial charge in [-0.15, -0.1) is 0 Å². The molecule has 0 aromatic heterocycles. The summed E-state index contributed by atoms with van der Waals surface area (Å²) >= 11 is 3.66. The molecule has 1 saturated heterocycles. The van der Waals surface area contributed by atoms with Crippen LogP contribution < -0.4 is 0 Å². The first-order chi connectivity index (χ1) is 5.77. The fourth-order valence-corrected chi connectivity index (χ4v) is 3.70. The standard InChI is InChI=1S/C10H17BrO/c1-8-6-10(7-11)5-3-2-4-9(10)12-8/h8-9H,2-7H2,1H3/t8-,9+,10+/m1/s1. The van der Waals surface area contributed by atoms with Crippen LogP contribution in [0.3, 0.4) is 0 Å². The van der Waals surface area contributed by atoms with Gasteiger partial charge in [-0.25, -0.2) is 0 Å². The van der Waals surface area contributed by atoms with E-state index < -0.39 is 0 Å². The van der Waals surface area contributed by atoms with Gasteiger partial charge in [0.2, 0.25) is 0 Å². The van der Waals surface area contributed by atoms with Crippen LogP contribution in [0.5, 0.6) is 0 Å². The Morgan fingerprint density at radius 3 is 3.00 bits per heavy atom. The molecule has 12 heavy (non-hydrogen) atoms. The highest BCUT2D eigenvalue weighted by molar-refractivity contribution is 9.09. The van der Waals surface area contributed by atoms with E-state index in [1.54, 1.807) is 0 Å². The van der Waals surface area contributed by atoms with Crippen molar-refractivity contribution >= 4 is 15.9 Å².